The third-order valence-electron chi connectivity index (χ3n) is 5.14. The van der Waals surface area contributed by atoms with E-state index in [0.29, 0.717) is 11.4 Å². The number of hydrogen-bond acceptors (Lipinski definition) is 4. The molecule has 1 N–H and O–H groups in total. The van der Waals surface area contributed by atoms with Gasteiger partial charge in [0.05, 0.1) is 16.3 Å². The highest BCUT2D eigenvalue weighted by molar-refractivity contribution is 7.99. The third-order valence-corrected chi connectivity index (χ3v) is 7.88. The molecule has 0 saturated carbocycles. The van der Waals surface area contributed by atoms with Crippen molar-refractivity contribution in [2.24, 2.45) is 0 Å². The van der Waals surface area contributed by atoms with Crippen molar-refractivity contribution in [1.82, 2.24) is 0 Å². The van der Waals surface area contributed by atoms with Crippen molar-refractivity contribution < 1.29 is 13.2 Å². The summed E-state index contributed by atoms with van der Waals surface area (Å²) in [7, 11) is -3.94. The number of hydrogen-bond donors (Lipinski definition) is 1. The molecular weight excluding hydrogens is 440 g/mol. The lowest BCUT2D eigenvalue weighted by Gasteiger charge is -2.25. The Bertz CT molecular complexity index is 1210. The van der Waals surface area contributed by atoms with Crippen LogP contribution in [-0.2, 0) is 14.8 Å². The summed E-state index contributed by atoms with van der Waals surface area (Å²) >= 11 is 1.62. The lowest BCUT2D eigenvalue weighted by atomic mass is 10.1. The number of benzene rings is 3. The molecule has 0 unspecified atom stereocenters. The van der Waals surface area contributed by atoms with Crippen LogP contribution in [0.25, 0.3) is 0 Å². The minimum atomic E-state index is -3.94. The van der Waals surface area contributed by atoms with E-state index in [1.165, 1.54) is 4.31 Å². The number of para-hydroxylation sites is 1. The van der Waals surface area contributed by atoms with Crippen molar-refractivity contribution in [1.29, 1.82) is 0 Å². The van der Waals surface area contributed by atoms with Gasteiger partial charge in [0.2, 0.25) is 5.91 Å². The molecule has 3 aromatic carbocycles. The van der Waals surface area contributed by atoms with Crippen molar-refractivity contribution in [2.45, 2.75) is 37.5 Å². The molecule has 0 bridgehead atoms. The number of carbonyl (C=O) groups excluding carboxylic acids is 1. The second-order valence-electron chi connectivity index (χ2n) is 7.57. The summed E-state index contributed by atoms with van der Waals surface area (Å²) in [5.74, 6) is 0.465. The normalized spacial score (nSPS) is 11.2. The zero-order chi connectivity index (χ0) is 23.3. The fourth-order valence-corrected chi connectivity index (χ4v) is 5.38. The fraction of sp³-hybridized carbons (Fsp3) is 0.240. The highest BCUT2D eigenvalue weighted by Crippen LogP contribution is 2.28. The van der Waals surface area contributed by atoms with Gasteiger partial charge in [-0.1, -0.05) is 42.8 Å². The molecule has 0 aliphatic heterocycles. The van der Waals surface area contributed by atoms with Crippen molar-refractivity contribution in [3.05, 3.63) is 83.4 Å². The second-order valence-corrected chi connectivity index (χ2v) is 10.7. The van der Waals surface area contributed by atoms with Gasteiger partial charge < -0.3 is 5.32 Å². The minimum Gasteiger partial charge on any atom is -0.323 e. The van der Waals surface area contributed by atoms with Gasteiger partial charge in [-0.25, -0.2) is 8.42 Å². The summed E-state index contributed by atoms with van der Waals surface area (Å²) in [6.45, 7) is 7.50. The molecule has 3 rings (SSSR count). The molecule has 0 spiro atoms. The van der Waals surface area contributed by atoms with E-state index < -0.39 is 15.9 Å². The van der Waals surface area contributed by atoms with Gasteiger partial charge in [-0.2, -0.15) is 0 Å². The number of aryl methyl sites for hydroxylation is 3. The first kappa shape index (κ1) is 23.9. The van der Waals surface area contributed by atoms with Gasteiger partial charge in [0, 0.05) is 4.90 Å². The maximum atomic E-state index is 13.5. The summed E-state index contributed by atoms with van der Waals surface area (Å²) < 4.78 is 28.3. The van der Waals surface area contributed by atoms with Crippen LogP contribution in [0.1, 0.15) is 23.6 Å². The first-order valence-electron chi connectivity index (χ1n) is 10.4. The van der Waals surface area contributed by atoms with Crippen LogP contribution >= 0.6 is 11.8 Å². The van der Waals surface area contributed by atoms with E-state index in [4.69, 9.17) is 0 Å². The van der Waals surface area contributed by atoms with Crippen LogP contribution in [0.5, 0.6) is 0 Å². The van der Waals surface area contributed by atoms with Crippen molar-refractivity contribution in [3.8, 4) is 0 Å². The molecule has 0 radical (unpaired) electrons. The zero-order valence-electron chi connectivity index (χ0n) is 18.8. The van der Waals surface area contributed by atoms with Crippen LogP contribution in [0.3, 0.4) is 0 Å². The summed E-state index contributed by atoms with van der Waals surface area (Å²) in [5.41, 5.74) is 4.11. The highest BCUT2D eigenvalue weighted by Gasteiger charge is 2.27. The number of amides is 1. The Balaban J connectivity index is 1.97. The molecule has 0 atom stereocenters. The zero-order valence-corrected chi connectivity index (χ0v) is 20.4. The number of nitrogens with one attached hydrogen (secondary N) is 1. The molecule has 1 amide bonds. The van der Waals surface area contributed by atoms with Crippen LogP contribution in [0, 0.1) is 20.8 Å². The number of nitrogens with zero attached hydrogens (tertiary/aromatic N) is 1. The van der Waals surface area contributed by atoms with E-state index in [1.54, 1.807) is 48.2 Å². The van der Waals surface area contributed by atoms with E-state index in [1.807, 2.05) is 58.0 Å². The van der Waals surface area contributed by atoms with Gasteiger partial charge >= 0.3 is 0 Å². The Kier molecular flexibility index (Phi) is 7.64. The fourth-order valence-electron chi connectivity index (χ4n) is 3.20. The Hall–Kier alpha value is -2.77. The van der Waals surface area contributed by atoms with Crippen LogP contribution < -0.4 is 9.62 Å². The minimum absolute atomic E-state index is 0.149. The number of sulfonamides is 1. The first-order valence-corrected chi connectivity index (χ1v) is 12.8. The molecule has 0 saturated heterocycles. The summed E-state index contributed by atoms with van der Waals surface area (Å²) in [6.07, 6.45) is 0. The molecule has 0 aliphatic carbocycles. The largest absolute Gasteiger partial charge is 0.323 e. The smallest absolute Gasteiger partial charge is 0.264 e. The quantitative estimate of drug-likeness (QED) is 0.440. The Morgan fingerprint density at radius 2 is 1.62 bits per heavy atom. The maximum absolute atomic E-state index is 13.5. The monoisotopic (exact) mass is 468 g/mol. The predicted molar refractivity (Wildman–Crippen MR) is 133 cm³/mol. The van der Waals surface area contributed by atoms with E-state index in [0.717, 1.165) is 27.3 Å². The topological polar surface area (TPSA) is 66.5 Å². The first-order chi connectivity index (χ1) is 15.2. The molecule has 3 aromatic rings. The van der Waals surface area contributed by atoms with Gasteiger partial charge in [0.1, 0.15) is 6.54 Å². The highest BCUT2D eigenvalue weighted by atomic mass is 32.2. The Morgan fingerprint density at radius 1 is 0.938 bits per heavy atom. The van der Waals surface area contributed by atoms with Gasteiger partial charge in [-0.3, -0.25) is 9.10 Å². The van der Waals surface area contributed by atoms with Crippen LogP contribution in [0.15, 0.2) is 76.5 Å². The average molecular weight is 469 g/mol. The van der Waals surface area contributed by atoms with Crippen LogP contribution in [-0.4, -0.2) is 26.6 Å². The SMILES string of the molecule is CCSc1ccccc1NC(=O)CN(c1ccc(C)c(C)c1)S(=O)(=O)c1ccc(C)cc1. The third kappa shape index (κ3) is 5.53. The molecule has 0 fully saturated rings. The molecular formula is C25H28N2O3S2. The van der Waals surface area contributed by atoms with Crippen molar-refractivity contribution >= 4 is 39.1 Å². The molecule has 0 heterocycles. The standard InChI is InChI=1S/C25H28N2O3S2/c1-5-31-24-9-7-6-8-23(24)26-25(28)17-27(21-13-12-19(3)20(4)16-21)32(29,30)22-14-10-18(2)11-15-22/h6-16H,5,17H2,1-4H3,(H,26,28). The van der Waals surface area contributed by atoms with E-state index in [-0.39, 0.29) is 11.4 Å². The van der Waals surface area contributed by atoms with Gasteiger partial charge in [0.25, 0.3) is 10.0 Å². The van der Waals surface area contributed by atoms with Crippen LogP contribution in [0.4, 0.5) is 11.4 Å². The number of rotatable bonds is 8. The molecule has 0 aromatic heterocycles. The van der Waals surface area contributed by atoms with Gasteiger partial charge in [-0.05, 0) is 74.0 Å². The maximum Gasteiger partial charge on any atom is 0.264 e. The summed E-state index contributed by atoms with van der Waals surface area (Å²) in [4.78, 5) is 14.1. The Labute approximate surface area is 194 Å². The molecule has 0 aliphatic rings. The second kappa shape index (κ2) is 10.2. The molecule has 7 heteroatoms. The van der Waals surface area contributed by atoms with E-state index >= 15 is 0 Å². The average Bonchev–Trinajstić information content (AvgIpc) is 2.76. The summed E-state index contributed by atoms with van der Waals surface area (Å²) in [5, 5.41) is 2.89. The van der Waals surface area contributed by atoms with Gasteiger partial charge in [0.15, 0.2) is 0 Å². The lowest BCUT2D eigenvalue weighted by molar-refractivity contribution is -0.114. The van der Waals surface area contributed by atoms with E-state index in [2.05, 4.69) is 5.32 Å². The molecule has 5 nitrogen and oxygen atoms in total. The predicted octanol–water partition coefficient (Wildman–Crippen LogP) is 5.56. The Morgan fingerprint density at radius 3 is 2.28 bits per heavy atom. The molecule has 168 valence electrons. The van der Waals surface area contributed by atoms with Crippen LogP contribution in [0.2, 0.25) is 0 Å². The van der Waals surface area contributed by atoms with E-state index in [9.17, 15) is 13.2 Å². The number of thioether (sulfide) groups is 1. The lowest BCUT2D eigenvalue weighted by Crippen LogP contribution is -2.38. The summed E-state index contributed by atoms with van der Waals surface area (Å²) in [6, 6.07) is 19.6. The number of carbonyl (C=O) groups is 1. The molecule has 32 heavy (non-hydrogen) atoms. The van der Waals surface area contributed by atoms with Gasteiger partial charge in [-0.15, -0.1) is 11.8 Å². The van der Waals surface area contributed by atoms with Crippen molar-refractivity contribution in [3.63, 3.8) is 0 Å². The number of anilines is 2. The van der Waals surface area contributed by atoms with Crippen molar-refractivity contribution in [2.75, 3.05) is 21.9 Å².